The molecule has 0 aliphatic heterocycles. The van der Waals surface area contributed by atoms with E-state index in [0.29, 0.717) is 0 Å². The average molecular weight is 250 g/mol. The zero-order valence-corrected chi connectivity index (χ0v) is 12.8. The van der Waals surface area contributed by atoms with E-state index in [2.05, 4.69) is 38.2 Å². The lowest BCUT2D eigenvalue weighted by Gasteiger charge is -1.99. The first-order valence-electron chi connectivity index (χ1n) is 8.21. The minimum Gasteiger partial charge on any atom is -0.0888 e. The molecule has 0 bridgehead atoms. The van der Waals surface area contributed by atoms with Gasteiger partial charge in [-0.2, -0.15) is 0 Å². The van der Waals surface area contributed by atoms with E-state index in [4.69, 9.17) is 0 Å². The van der Waals surface area contributed by atoms with Gasteiger partial charge in [0.15, 0.2) is 0 Å². The Bertz CT molecular complexity index is 188. The quantitative estimate of drug-likeness (QED) is 0.248. The molecule has 0 aromatic rings. The highest BCUT2D eigenvalue weighted by Gasteiger charge is 1.89. The third-order valence-corrected chi connectivity index (χ3v) is 3.28. The second-order valence-electron chi connectivity index (χ2n) is 5.19. The van der Waals surface area contributed by atoms with Crippen LogP contribution >= 0.6 is 0 Å². The predicted octanol–water partition coefficient (Wildman–Crippen LogP) is 6.82. The van der Waals surface area contributed by atoms with E-state index < -0.39 is 0 Å². The van der Waals surface area contributed by atoms with Crippen molar-refractivity contribution in [3.05, 3.63) is 24.3 Å². The van der Waals surface area contributed by atoms with E-state index in [9.17, 15) is 0 Å². The number of rotatable bonds is 13. The van der Waals surface area contributed by atoms with Crippen LogP contribution in [0.2, 0.25) is 0 Å². The second-order valence-corrected chi connectivity index (χ2v) is 5.19. The van der Waals surface area contributed by atoms with Gasteiger partial charge in [-0.3, -0.25) is 0 Å². The van der Waals surface area contributed by atoms with Crippen molar-refractivity contribution in [2.45, 2.75) is 90.9 Å². The van der Waals surface area contributed by atoms with Gasteiger partial charge < -0.3 is 0 Å². The molecule has 0 rings (SSSR count). The Labute approximate surface area is 116 Å². The first kappa shape index (κ1) is 17.5. The van der Waals surface area contributed by atoms with Crippen LogP contribution in [-0.2, 0) is 0 Å². The molecule has 0 aliphatic rings. The molecule has 0 saturated carbocycles. The van der Waals surface area contributed by atoms with Crippen LogP contribution in [0.4, 0.5) is 0 Å². The maximum Gasteiger partial charge on any atom is -0.0351 e. The van der Waals surface area contributed by atoms with Gasteiger partial charge in [0, 0.05) is 0 Å². The molecule has 0 fully saturated rings. The van der Waals surface area contributed by atoms with Crippen molar-refractivity contribution in [2.24, 2.45) is 0 Å². The van der Waals surface area contributed by atoms with Gasteiger partial charge in [0.2, 0.25) is 0 Å². The minimum absolute atomic E-state index is 1.19. The summed E-state index contributed by atoms with van der Waals surface area (Å²) in [6.07, 6.45) is 25.5. The Kier molecular flexibility index (Phi) is 16.0. The average Bonchev–Trinajstić information content (AvgIpc) is 2.39. The Morgan fingerprint density at radius 2 is 0.944 bits per heavy atom. The van der Waals surface area contributed by atoms with Crippen LogP contribution in [0.3, 0.4) is 0 Å². The maximum atomic E-state index is 2.38. The molecule has 0 radical (unpaired) electrons. The molecular weight excluding hydrogens is 216 g/mol. The van der Waals surface area contributed by atoms with E-state index in [-0.39, 0.29) is 0 Å². The molecule has 0 spiro atoms. The van der Waals surface area contributed by atoms with Crippen LogP contribution in [0, 0.1) is 0 Å². The van der Waals surface area contributed by atoms with Crippen LogP contribution in [0.5, 0.6) is 0 Å². The SMILES string of the molecule is CC/C=C\CCCCCCCC/C=C\CCCC. The Balaban J connectivity index is 3.03. The molecule has 0 N–H and O–H groups in total. The van der Waals surface area contributed by atoms with Crippen molar-refractivity contribution < 1.29 is 0 Å². The van der Waals surface area contributed by atoms with Gasteiger partial charge in [-0.15, -0.1) is 0 Å². The molecule has 0 aromatic carbocycles. The lowest BCUT2D eigenvalue weighted by Crippen LogP contribution is -1.79. The predicted molar refractivity (Wildman–Crippen MR) is 85.0 cm³/mol. The molecule has 0 heterocycles. The Hall–Kier alpha value is -0.520. The third kappa shape index (κ3) is 15.5. The van der Waals surface area contributed by atoms with Gasteiger partial charge >= 0.3 is 0 Å². The first-order valence-corrected chi connectivity index (χ1v) is 8.21. The largest absolute Gasteiger partial charge is 0.0888 e. The highest BCUT2D eigenvalue weighted by Crippen LogP contribution is 2.09. The van der Waals surface area contributed by atoms with Gasteiger partial charge in [-0.1, -0.05) is 76.7 Å². The fraction of sp³-hybridized carbons (Fsp3) is 0.778. The molecular formula is C18H34. The van der Waals surface area contributed by atoms with Crippen molar-refractivity contribution >= 4 is 0 Å². The Morgan fingerprint density at radius 3 is 1.44 bits per heavy atom. The molecule has 0 atom stereocenters. The number of hydrogen-bond donors (Lipinski definition) is 0. The molecule has 0 unspecified atom stereocenters. The van der Waals surface area contributed by atoms with Crippen LogP contribution in [0.1, 0.15) is 90.9 Å². The van der Waals surface area contributed by atoms with Crippen LogP contribution in [-0.4, -0.2) is 0 Å². The van der Waals surface area contributed by atoms with Gasteiger partial charge in [0.25, 0.3) is 0 Å². The molecule has 106 valence electrons. The first-order chi connectivity index (χ1) is 8.91. The van der Waals surface area contributed by atoms with Crippen molar-refractivity contribution in [1.29, 1.82) is 0 Å². The number of allylic oxidation sites excluding steroid dienone is 4. The monoisotopic (exact) mass is 250 g/mol. The topological polar surface area (TPSA) is 0 Å². The summed E-state index contributed by atoms with van der Waals surface area (Å²) in [5.41, 5.74) is 0. The van der Waals surface area contributed by atoms with E-state index in [1.807, 2.05) is 0 Å². The van der Waals surface area contributed by atoms with Gasteiger partial charge in [0.1, 0.15) is 0 Å². The fourth-order valence-electron chi connectivity index (χ4n) is 2.07. The normalized spacial score (nSPS) is 11.9. The maximum absolute atomic E-state index is 2.38. The van der Waals surface area contributed by atoms with Crippen LogP contribution in [0.25, 0.3) is 0 Å². The molecule has 18 heavy (non-hydrogen) atoms. The highest BCUT2D eigenvalue weighted by molar-refractivity contribution is 4.81. The van der Waals surface area contributed by atoms with E-state index in [1.54, 1.807) is 0 Å². The van der Waals surface area contributed by atoms with Gasteiger partial charge in [-0.25, -0.2) is 0 Å². The summed E-state index contributed by atoms with van der Waals surface area (Å²) in [6.45, 7) is 4.46. The fourth-order valence-corrected chi connectivity index (χ4v) is 2.07. The molecule has 0 nitrogen and oxygen atoms in total. The van der Waals surface area contributed by atoms with E-state index in [1.165, 1.54) is 77.0 Å². The summed E-state index contributed by atoms with van der Waals surface area (Å²) in [4.78, 5) is 0. The minimum atomic E-state index is 1.19. The number of unbranched alkanes of at least 4 members (excludes halogenated alkanes) is 9. The lowest BCUT2D eigenvalue weighted by atomic mass is 10.1. The molecule has 0 saturated heterocycles. The molecule has 0 heteroatoms. The molecule has 0 amide bonds. The standard InChI is InChI=1S/C18H34/c1-3-5-7-9-11-13-15-17-18-16-14-12-10-8-6-4-2/h5,7,10,12H,3-4,6,8-9,11,13-18H2,1-2H3/b7-5-,12-10-. The van der Waals surface area contributed by atoms with Crippen LogP contribution in [0.15, 0.2) is 24.3 Å². The summed E-state index contributed by atoms with van der Waals surface area (Å²) >= 11 is 0. The van der Waals surface area contributed by atoms with Crippen molar-refractivity contribution in [3.8, 4) is 0 Å². The second kappa shape index (κ2) is 16.5. The lowest BCUT2D eigenvalue weighted by molar-refractivity contribution is 0.599. The summed E-state index contributed by atoms with van der Waals surface area (Å²) in [5, 5.41) is 0. The van der Waals surface area contributed by atoms with Gasteiger partial charge in [-0.05, 0) is 38.5 Å². The van der Waals surface area contributed by atoms with Crippen molar-refractivity contribution in [3.63, 3.8) is 0 Å². The summed E-state index contributed by atoms with van der Waals surface area (Å²) < 4.78 is 0. The zero-order valence-electron chi connectivity index (χ0n) is 12.8. The summed E-state index contributed by atoms with van der Waals surface area (Å²) in [6, 6.07) is 0. The van der Waals surface area contributed by atoms with Crippen molar-refractivity contribution in [2.75, 3.05) is 0 Å². The van der Waals surface area contributed by atoms with E-state index in [0.717, 1.165) is 0 Å². The highest BCUT2D eigenvalue weighted by atomic mass is 14.0. The van der Waals surface area contributed by atoms with Crippen molar-refractivity contribution in [1.82, 2.24) is 0 Å². The molecule has 0 aliphatic carbocycles. The number of hydrogen-bond acceptors (Lipinski definition) is 0. The molecule has 0 aromatic heterocycles. The summed E-state index contributed by atoms with van der Waals surface area (Å²) in [5.74, 6) is 0. The zero-order chi connectivity index (χ0) is 13.3. The summed E-state index contributed by atoms with van der Waals surface area (Å²) in [7, 11) is 0. The van der Waals surface area contributed by atoms with Gasteiger partial charge in [0.05, 0.1) is 0 Å². The van der Waals surface area contributed by atoms with Crippen LogP contribution < -0.4 is 0 Å². The Morgan fingerprint density at radius 1 is 0.500 bits per heavy atom. The van der Waals surface area contributed by atoms with E-state index >= 15 is 0 Å². The smallest absolute Gasteiger partial charge is 0.0351 e. The third-order valence-electron chi connectivity index (χ3n) is 3.28.